The van der Waals surface area contributed by atoms with Crippen molar-refractivity contribution < 1.29 is 9.59 Å². The molecular weight excluding hydrogens is 386 g/mol. The molecule has 0 radical (unpaired) electrons. The second-order valence-electron chi connectivity index (χ2n) is 7.47. The van der Waals surface area contributed by atoms with Gasteiger partial charge in [0.05, 0.1) is 11.3 Å². The van der Waals surface area contributed by atoms with E-state index in [1.54, 1.807) is 12.1 Å². The van der Waals surface area contributed by atoms with Crippen LogP contribution in [0.15, 0.2) is 48.5 Å². The molecule has 0 atom stereocenters. The first-order valence-electron chi connectivity index (χ1n) is 10.2. The largest absolute Gasteiger partial charge is 0.352 e. The number of halogens is 1. The molecule has 2 aromatic carbocycles. The number of para-hydroxylation sites is 1. The molecule has 0 aromatic heterocycles. The van der Waals surface area contributed by atoms with Crippen LogP contribution in [-0.4, -0.2) is 36.3 Å². The van der Waals surface area contributed by atoms with Gasteiger partial charge in [-0.3, -0.25) is 14.5 Å². The molecule has 3 rings (SSSR count). The summed E-state index contributed by atoms with van der Waals surface area (Å²) >= 11 is 6.07. The van der Waals surface area contributed by atoms with Crippen LogP contribution in [0.25, 0.3) is 0 Å². The highest BCUT2D eigenvalue weighted by atomic mass is 35.5. The van der Waals surface area contributed by atoms with Crippen LogP contribution in [0.4, 0.5) is 5.69 Å². The molecule has 1 aliphatic heterocycles. The maximum atomic E-state index is 12.8. The highest BCUT2D eigenvalue weighted by molar-refractivity contribution is 6.30. The van der Waals surface area contributed by atoms with Crippen molar-refractivity contribution in [3.63, 3.8) is 0 Å². The fourth-order valence-electron chi connectivity index (χ4n) is 3.61. The molecule has 2 N–H and O–H groups in total. The van der Waals surface area contributed by atoms with Gasteiger partial charge in [0.1, 0.15) is 0 Å². The smallest absolute Gasteiger partial charge is 0.253 e. The van der Waals surface area contributed by atoms with E-state index in [4.69, 9.17) is 11.6 Å². The Balaban J connectivity index is 1.54. The van der Waals surface area contributed by atoms with Gasteiger partial charge in [0, 0.05) is 24.0 Å². The quantitative estimate of drug-likeness (QED) is 0.710. The monoisotopic (exact) mass is 413 g/mol. The first-order valence-corrected chi connectivity index (χ1v) is 10.6. The Morgan fingerprint density at radius 3 is 2.59 bits per heavy atom. The molecule has 1 aliphatic rings. The Hall–Kier alpha value is -2.37. The van der Waals surface area contributed by atoms with Gasteiger partial charge in [-0.1, -0.05) is 42.8 Å². The molecule has 1 heterocycles. The van der Waals surface area contributed by atoms with Crippen LogP contribution in [0.1, 0.15) is 42.1 Å². The normalized spacial score (nSPS) is 15.1. The molecule has 29 heavy (non-hydrogen) atoms. The maximum absolute atomic E-state index is 12.8. The number of rotatable bonds is 7. The molecule has 0 unspecified atom stereocenters. The zero-order valence-corrected chi connectivity index (χ0v) is 17.5. The van der Waals surface area contributed by atoms with Crippen LogP contribution in [0.2, 0.25) is 5.02 Å². The number of carbonyl (C=O) groups is 2. The fraction of sp³-hybridized carbons (Fsp3) is 0.391. The number of nitrogens with one attached hydrogen (secondary N) is 2. The van der Waals surface area contributed by atoms with Crippen molar-refractivity contribution in [3.8, 4) is 0 Å². The molecular formula is C23H28ClN3O2. The van der Waals surface area contributed by atoms with Gasteiger partial charge < -0.3 is 10.6 Å². The first-order chi connectivity index (χ1) is 14.1. The summed E-state index contributed by atoms with van der Waals surface area (Å²) in [7, 11) is 0. The van der Waals surface area contributed by atoms with Crippen LogP contribution in [0.5, 0.6) is 0 Å². The molecule has 2 amide bonds. The Bertz CT molecular complexity index is 848. The van der Waals surface area contributed by atoms with Crippen LogP contribution in [0.3, 0.4) is 0 Å². The van der Waals surface area contributed by atoms with Crippen molar-refractivity contribution in [2.75, 3.05) is 25.0 Å². The van der Waals surface area contributed by atoms with Crippen LogP contribution in [-0.2, 0) is 11.3 Å². The first kappa shape index (κ1) is 21.3. The lowest BCUT2D eigenvalue weighted by Gasteiger charge is -2.31. The third kappa shape index (κ3) is 6.05. The molecule has 1 saturated heterocycles. The van der Waals surface area contributed by atoms with Crippen molar-refractivity contribution in [3.05, 3.63) is 64.7 Å². The predicted octanol–water partition coefficient (Wildman–Crippen LogP) is 4.33. The standard InChI is InChI=1S/C23H28ClN3O2/c1-2-12-25-23(29)20-8-3-4-9-21(20)26-22(28)18-10-13-27(14-11-18)16-17-6-5-7-19(24)15-17/h3-9,15,18H,2,10-14,16H2,1H3,(H,25,29)(H,26,28). The van der Waals surface area contributed by atoms with E-state index < -0.39 is 0 Å². The number of likely N-dealkylation sites (tertiary alicyclic amines) is 1. The minimum absolute atomic E-state index is 0.0110. The molecule has 0 bridgehead atoms. The Morgan fingerprint density at radius 1 is 1.10 bits per heavy atom. The molecule has 1 fully saturated rings. The number of hydrogen-bond donors (Lipinski definition) is 2. The molecule has 2 aromatic rings. The topological polar surface area (TPSA) is 61.4 Å². The van der Waals surface area contributed by atoms with Crippen LogP contribution >= 0.6 is 11.6 Å². The molecule has 0 saturated carbocycles. The minimum atomic E-state index is -0.154. The van der Waals surface area contributed by atoms with E-state index in [1.807, 2.05) is 37.3 Å². The average molecular weight is 414 g/mol. The molecule has 0 aliphatic carbocycles. The number of nitrogens with zero attached hydrogens (tertiary/aromatic N) is 1. The van der Waals surface area contributed by atoms with Crippen molar-refractivity contribution in [1.29, 1.82) is 0 Å². The summed E-state index contributed by atoms with van der Waals surface area (Å²) in [6.45, 7) is 5.20. The van der Waals surface area contributed by atoms with E-state index in [2.05, 4.69) is 21.6 Å². The van der Waals surface area contributed by atoms with Crippen LogP contribution in [0, 0.1) is 5.92 Å². The number of carbonyl (C=O) groups excluding carboxylic acids is 2. The SMILES string of the molecule is CCCNC(=O)c1ccccc1NC(=O)C1CCN(Cc2cccc(Cl)c2)CC1. The summed E-state index contributed by atoms with van der Waals surface area (Å²) < 4.78 is 0. The summed E-state index contributed by atoms with van der Waals surface area (Å²) in [5, 5.41) is 6.59. The van der Waals surface area contributed by atoms with E-state index in [0.29, 0.717) is 17.8 Å². The van der Waals surface area contributed by atoms with Gasteiger partial charge in [-0.25, -0.2) is 0 Å². The highest BCUT2D eigenvalue weighted by Crippen LogP contribution is 2.23. The Morgan fingerprint density at radius 2 is 1.86 bits per heavy atom. The van der Waals surface area contributed by atoms with Gasteiger partial charge in [-0.15, -0.1) is 0 Å². The van der Waals surface area contributed by atoms with E-state index >= 15 is 0 Å². The van der Waals surface area contributed by atoms with Gasteiger partial charge in [-0.2, -0.15) is 0 Å². The van der Waals surface area contributed by atoms with Crippen molar-refractivity contribution >= 4 is 29.1 Å². The number of hydrogen-bond acceptors (Lipinski definition) is 3. The summed E-state index contributed by atoms with van der Waals surface area (Å²) in [5.41, 5.74) is 2.27. The van der Waals surface area contributed by atoms with Crippen molar-refractivity contribution in [2.45, 2.75) is 32.7 Å². The van der Waals surface area contributed by atoms with Gasteiger partial charge in [0.15, 0.2) is 0 Å². The lowest BCUT2D eigenvalue weighted by atomic mass is 9.95. The minimum Gasteiger partial charge on any atom is -0.352 e. The second-order valence-corrected chi connectivity index (χ2v) is 7.91. The second kappa shape index (κ2) is 10.4. The lowest BCUT2D eigenvalue weighted by molar-refractivity contribution is -0.121. The molecule has 6 heteroatoms. The number of benzene rings is 2. The molecule has 5 nitrogen and oxygen atoms in total. The lowest BCUT2D eigenvalue weighted by Crippen LogP contribution is -2.38. The average Bonchev–Trinajstić information content (AvgIpc) is 2.73. The van der Waals surface area contributed by atoms with Gasteiger partial charge in [0.2, 0.25) is 5.91 Å². The van der Waals surface area contributed by atoms with Crippen molar-refractivity contribution in [2.24, 2.45) is 5.92 Å². The van der Waals surface area contributed by atoms with E-state index in [1.165, 1.54) is 5.56 Å². The zero-order valence-electron chi connectivity index (χ0n) is 16.8. The fourth-order valence-corrected chi connectivity index (χ4v) is 3.82. The van der Waals surface area contributed by atoms with E-state index in [0.717, 1.165) is 43.9 Å². The van der Waals surface area contributed by atoms with E-state index in [9.17, 15) is 9.59 Å². The van der Waals surface area contributed by atoms with Gasteiger partial charge >= 0.3 is 0 Å². The summed E-state index contributed by atoms with van der Waals surface area (Å²) in [6.07, 6.45) is 2.47. The van der Waals surface area contributed by atoms with Crippen LogP contribution < -0.4 is 10.6 Å². The summed E-state index contributed by atoms with van der Waals surface area (Å²) in [4.78, 5) is 27.5. The number of anilines is 1. The highest BCUT2D eigenvalue weighted by Gasteiger charge is 2.26. The van der Waals surface area contributed by atoms with Crippen molar-refractivity contribution in [1.82, 2.24) is 10.2 Å². The molecule has 0 spiro atoms. The Kier molecular flexibility index (Phi) is 7.67. The van der Waals surface area contributed by atoms with Gasteiger partial charge in [-0.05, 0) is 62.2 Å². The third-order valence-electron chi connectivity index (χ3n) is 5.22. The van der Waals surface area contributed by atoms with Gasteiger partial charge in [0.25, 0.3) is 5.91 Å². The summed E-state index contributed by atoms with van der Waals surface area (Å²) in [5.74, 6) is -0.209. The molecule has 154 valence electrons. The predicted molar refractivity (Wildman–Crippen MR) is 117 cm³/mol. The number of piperidine rings is 1. The number of amides is 2. The Labute approximate surface area is 177 Å². The summed E-state index contributed by atoms with van der Waals surface area (Å²) in [6, 6.07) is 15.1. The van der Waals surface area contributed by atoms with E-state index in [-0.39, 0.29) is 17.7 Å². The zero-order chi connectivity index (χ0) is 20.6. The third-order valence-corrected chi connectivity index (χ3v) is 5.45. The maximum Gasteiger partial charge on any atom is 0.253 e.